The monoisotopic (exact) mass is 269 g/mol. The molecule has 0 aromatic carbocycles. The first-order chi connectivity index (χ1) is 8.61. The molecule has 0 aliphatic heterocycles. The van der Waals surface area contributed by atoms with E-state index >= 15 is 0 Å². The Bertz CT molecular complexity index is 322. The van der Waals surface area contributed by atoms with Crippen molar-refractivity contribution in [3.8, 4) is 0 Å². The first kappa shape index (κ1) is 15.7. The molecule has 0 aliphatic rings. The Balaban J connectivity index is 2.26. The first-order valence-corrected chi connectivity index (χ1v) is 7.83. The van der Waals surface area contributed by atoms with Crippen LogP contribution in [0.3, 0.4) is 0 Å². The molecule has 1 unspecified atom stereocenters. The summed E-state index contributed by atoms with van der Waals surface area (Å²) < 4.78 is 5.87. The molecule has 1 rings (SSSR count). The topological polar surface area (TPSA) is 21.3 Å². The van der Waals surface area contributed by atoms with E-state index in [2.05, 4.69) is 45.1 Å². The molecule has 1 heterocycles. The summed E-state index contributed by atoms with van der Waals surface area (Å²) in [7, 11) is 0. The molecule has 0 saturated carbocycles. The van der Waals surface area contributed by atoms with Crippen LogP contribution in [0.4, 0.5) is 0 Å². The SMILES string of the molecule is CCCNCc1ccc(COC(C)CC(C)C)s1. The van der Waals surface area contributed by atoms with Crippen LogP contribution in [0, 0.1) is 5.92 Å². The zero-order valence-corrected chi connectivity index (χ0v) is 13.0. The van der Waals surface area contributed by atoms with Gasteiger partial charge >= 0.3 is 0 Å². The maximum absolute atomic E-state index is 5.87. The third kappa shape index (κ3) is 6.53. The fourth-order valence-corrected chi connectivity index (χ4v) is 2.85. The number of thiophene rings is 1. The fraction of sp³-hybridized carbons (Fsp3) is 0.733. The number of hydrogen-bond acceptors (Lipinski definition) is 3. The molecule has 0 aliphatic carbocycles. The van der Waals surface area contributed by atoms with Crippen molar-refractivity contribution in [3.63, 3.8) is 0 Å². The summed E-state index contributed by atoms with van der Waals surface area (Å²) >= 11 is 1.86. The van der Waals surface area contributed by atoms with E-state index in [0.29, 0.717) is 12.0 Å². The molecule has 104 valence electrons. The lowest BCUT2D eigenvalue weighted by Crippen LogP contribution is -2.12. The lowest BCUT2D eigenvalue weighted by Gasteiger charge is -2.14. The Morgan fingerprint density at radius 3 is 2.61 bits per heavy atom. The number of hydrogen-bond donors (Lipinski definition) is 1. The standard InChI is InChI=1S/C15H27NOS/c1-5-8-16-10-14-6-7-15(18-14)11-17-13(4)9-12(2)3/h6-7,12-13,16H,5,8-11H2,1-4H3. The van der Waals surface area contributed by atoms with Crippen LogP contribution in [-0.2, 0) is 17.9 Å². The second-order valence-electron chi connectivity index (χ2n) is 5.30. The van der Waals surface area contributed by atoms with Gasteiger partial charge in [0.1, 0.15) is 0 Å². The second-order valence-corrected chi connectivity index (χ2v) is 6.55. The normalized spacial score (nSPS) is 13.2. The van der Waals surface area contributed by atoms with Crippen molar-refractivity contribution < 1.29 is 4.74 Å². The van der Waals surface area contributed by atoms with Crippen LogP contribution in [0.5, 0.6) is 0 Å². The highest BCUT2D eigenvalue weighted by atomic mass is 32.1. The van der Waals surface area contributed by atoms with Crippen molar-refractivity contribution in [1.82, 2.24) is 5.32 Å². The minimum atomic E-state index is 0.355. The van der Waals surface area contributed by atoms with Crippen molar-refractivity contribution in [2.45, 2.75) is 59.8 Å². The number of nitrogens with one attached hydrogen (secondary N) is 1. The number of rotatable bonds is 9. The molecule has 1 aromatic rings. The van der Waals surface area contributed by atoms with Gasteiger partial charge in [-0.05, 0) is 44.4 Å². The maximum Gasteiger partial charge on any atom is 0.0813 e. The molecule has 0 amide bonds. The number of ether oxygens (including phenoxy) is 1. The van der Waals surface area contributed by atoms with E-state index in [4.69, 9.17) is 4.74 Å². The van der Waals surface area contributed by atoms with Gasteiger partial charge in [-0.1, -0.05) is 20.8 Å². The molecule has 3 heteroatoms. The Kier molecular flexibility index (Phi) is 7.56. The van der Waals surface area contributed by atoms with Gasteiger partial charge in [-0.25, -0.2) is 0 Å². The summed E-state index contributed by atoms with van der Waals surface area (Å²) in [6.45, 7) is 11.7. The van der Waals surface area contributed by atoms with E-state index in [1.165, 1.54) is 16.2 Å². The van der Waals surface area contributed by atoms with Gasteiger partial charge in [-0.2, -0.15) is 0 Å². The summed E-state index contributed by atoms with van der Waals surface area (Å²) in [5, 5.41) is 3.43. The van der Waals surface area contributed by atoms with Crippen molar-refractivity contribution in [2.24, 2.45) is 5.92 Å². The summed E-state index contributed by atoms with van der Waals surface area (Å²) in [5.41, 5.74) is 0. The minimum absolute atomic E-state index is 0.355. The molecule has 0 spiro atoms. The summed E-state index contributed by atoms with van der Waals surface area (Å²) in [4.78, 5) is 2.73. The van der Waals surface area contributed by atoms with Gasteiger partial charge in [0.2, 0.25) is 0 Å². The van der Waals surface area contributed by atoms with Crippen molar-refractivity contribution in [1.29, 1.82) is 0 Å². The third-order valence-electron chi connectivity index (χ3n) is 2.76. The molecule has 1 N–H and O–H groups in total. The fourth-order valence-electron chi connectivity index (χ4n) is 1.94. The average molecular weight is 269 g/mol. The Hall–Kier alpha value is -0.380. The Morgan fingerprint density at radius 2 is 1.94 bits per heavy atom. The van der Waals surface area contributed by atoms with Gasteiger partial charge in [0.15, 0.2) is 0 Å². The molecular weight excluding hydrogens is 242 g/mol. The zero-order chi connectivity index (χ0) is 13.4. The van der Waals surface area contributed by atoms with E-state index in [1.54, 1.807) is 0 Å². The Labute approximate surface area is 116 Å². The highest BCUT2D eigenvalue weighted by molar-refractivity contribution is 7.11. The van der Waals surface area contributed by atoms with Crippen molar-refractivity contribution in [3.05, 3.63) is 21.9 Å². The van der Waals surface area contributed by atoms with Crippen LogP contribution in [0.15, 0.2) is 12.1 Å². The van der Waals surface area contributed by atoms with E-state index in [0.717, 1.165) is 26.1 Å². The van der Waals surface area contributed by atoms with Crippen molar-refractivity contribution >= 4 is 11.3 Å². The molecule has 0 bridgehead atoms. The van der Waals surface area contributed by atoms with Crippen LogP contribution in [-0.4, -0.2) is 12.6 Å². The predicted molar refractivity (Wildman–Crippen MR) is 80.0 cm³/mol. The molecular formula is C15H27NOS. The third-order valence-corrected chi connectivity index (χ3v) is 3.82. The van der Waals surface area contributed by atoms with Gasteiger partial charge in [0, 0.05) is 16.3 Å². The smallest absolute Gasteiger partial charge is 0.0813 e. The molecule has 1 atom stereocenters. The first-order valence-electron chi connectivity index (χ1n) is 7.01. The van der Waals surface area contributed by atoms with E-state index in [9.17, 15) is 0 Å². The minimum Gasteiger partial charge on any atom is -0.373 e. The second kappa shape index (κ2) is 8.68. The van der Waals surface area contributed by atoms with Crippen molar-refractivity contribution in [2.75, 3.05) is 6.54 Å². The maximum atomic E-state index is 5.87. The summed E-state index contributed by atoms with van der Waals surface area (Å²) in [6.07, 6.45) is 2.68. The molecule has 1 aromatic heterocycles. The lowest BCUT2D eigenvalue weighted by molar-refractivity contribution is 0.0412. The molecule has 2 nitrogen and oxygen atoms in total. The molecule has 18 heavy (non-hydrogen) atoms. The van der Waals surface area contributed by atoms with Crippen LogP contribution in [0.25, 0.3) is 0 Å². The quantitative estimate of drug-likeness (QED) is 0.678. The Morgan fingerprint density at radius 1 is 1.22 bits per heavy atom. The predicted octanol–water partition coefficient (Wildman–Crippen LogP) is 4.20. The molecule has 0 saturated heterocycles. The van der Waals surface area contributed by atoms with Crippen LogP contribution in [0.2, 0.25) is 0 Å². The summed E-state index contributed by atoms with van der Waals surface area (Å²) in [6, 6.07) is 4.40. The van der Waals surface area contributed by atoms with Crippen LogP contribution in [0.1, 0.15) is 50.3 Å². The van der Waals surface area contributed by atoms with Crippen LogP contribution >= 0.6 is 11.3 Å². The zero-order valence-electron chi connectivity index (χ0n) is 12.2. The van der Waals surface area contributed by atoms with E-state index in [1.807, 2.05) is 11.3 Å². The molecule has 0 fully saturated rings. The largest absolute Gasteiger partial charge is 0.373 e. The van der Waals surface area contributed by atoms with E-state index < -0.39 is 0 Å². The summed E-state index contributed by atoms with van der Waals surface area (Å²) in [5.74, 6) is 0.706. The van der Waals surface area contributed by atoms with Gasteiger partial charge < -0.3 is 10.1 Å². The van der Waals surface area contributed by atoms with Gasteiger partial charge in [-0.15, -0.1) is 11.3 Å². The average Bonchev–Trinajstić information content (AvgIpc) is 2.74. The van der Waals surface area contributed by atoms with Gasteiger partial charge in [-0.3, -0.25) is 0 Å². The van der Waals surface area contributed by atoms with E-state index in [-0.39, 0.29) is 0 Å². The van der Waals surface area contributed by atoms with Gasteiger partial charge in [0.25, 0.3) is 0 Å². The van der Waals surface area contributed by atoms with Gasteiger partial charge in [0.05, 0.1) is 12.7 Å². The molecule has 0 radical (unpaired) electrons. The highest BCUT2D eigenvalue weighted by Crippen LogP contribution is 2.19. The lowest BCUT2D eigenvalue weighted by atomic mass is 10.1. The van der Waals surface area contributed by atoms with Crippen LogP contribution < -0.4 is 5.32 Å². The highest BCUT2D eigenvalue weighted by Gasteiger charge is 2.06.